The summed E-state index contributed by atoms with van der Waals surface area (Å²) in [6.07, 6.45) is 0. The molecule has 16 heavy (non-hydrogen) atoms. The highest BCUT2D eigenvalue weighted by Gasteiger charge is 2.13. The zero-order valence-corrected chi connectivity index (χ0v) is 9.41. The Morgan fingerprint density at radius 3 is 3.00 bits per heavy atom. The lowest BCUT2D eigenvalue weighted by Gasteiger charge is -2.00. The fourth-order valence-electron chi connectivity index (χ4n) is 2.31. The Bertz CT molecular complexity index is 647. The molecular formula is C12H14N4. The van der Waals surface area contributed by atoms with Crippen LogP contribution in [0.1, 0.15) is 5.69 Å². The lowest BCUT2D eigenvalue weighted by molar-refractivity contribution is 0.783. The van der Waals surface area contributed by atoms with E-state index in [-0.39, 0.29) is 0 Å². The number of aromatic nitrogens is 3. The zero-order valence-electron chi connectivity index (χ0n) is 9.41. The summed E-state index contributed by atoms with van der Waals surface area (Å²) in [5.74, 6) is 0. The van der Waals surface area contributed by atoms with E-state index in [1.807, 2.05) is 13.1 Å². The van der Waals surface area contributed by atoms with E-state index in [9.17, 15) is 0 Å². The molecule has 0 radical (unpaired) electrons. The van der Waals surface area contributed by atoms with E-state index in [0.29, 0.717) is 0 Å². The minimum absolute atomic E-state index is 0.806. The van der Waals surface area contributed by atoms with Gasteiger partial charge in [0.1, 0.15) is 5.52 Å². The second-order valence-corrected chi connectivity index (χ2v) is 4.01. The van der Waals surface area contributed by atoms with Gasteiger partial charge in [-0.2, -0.15) is 5.10 Å². The van der Waals surface area contributed by atoms with Crippen LogP contribution in [0.15, 0.2) is 24.3 Å². The van der Waals surface area contributed by atoms with Crippen LogP contribution in [-0.2, 0) is 13.6 Å². The molecule has 0 aliphatic heterocycles. The molecular weight excluding hydrogens is 200 g/mol. The van der Waals surface area contributed by atoms with Crippen molar-refractivity contribution in [1.29, 1.82) is 0 Å². The van der Waals surface area contributed by atoms with Crippen LogP contribution in [-0.4, -0.2) is 21.8 Å². The molecule has 0 saturated carbocycles. The molecule has 82 valence electrons. The zero-order chi connectivity index (χ0) is 11.1. The molecule has 0 aliphatic rings. The number of hydrogen-bond acceptors (Lipinski definition) is 2. The highest BCUT2D eigenvalue weighted by atomic mass is 15.2. The number of H-pyrrole nitrogens is 1. The maximum atomic E-state index is 4.40. The Kier molecular flexibility index (Phi) is 1.97. The number of aromatic amines is 1. The van der Waals surface area contributed by atoms with Crippen molar-refractivity contribution < 1.29 is 0 Å². The van der Waals surface area contributed by atoms with Crippen molar-refractivity contribution >= 4 is 21.9 Å². The molecule has 0 bridgehead atoms. The molecule has 2 heterocycles. The van der Waals surface area contributed by atoms with Crippen molar-refractivity contribution in [2.75, 3.05) is 7.05 Å². The summed E-state index contributed by atoms with van der Waals surface area (Å²) in [6, 6.07) is 8.35. The molecule has 0 amide bonds. The fourth-order valence-corrected chi connectivity index (χ4v) is 2.31. The summed E-state index contributed by atoms with van der Waals surface area (Å²) in [5, 5.41) is 11.9. The minimum Gasteiger partial charge on any atom is -0.341 e. The Balaban J connectivity index is 2.43. The predicted molar refractivity (Wildman–Crippen MR) is 65.3 cm³/mol. The molecule has 3 aromatic rings. The van der Waals surface area contributed by atoms with Gasteiger partial charge in [0.15, 0.2) is 0 Å². The first-order valence-electron chi connectivity index (χ1n) is 5.38. The summed E-state index contributed by atoms with van der Waals surface area (Å²) < 4.78 is 2.20. The number of benzene rings is 1. The SMILES string of the molecule is CNCc1[nH]nc2c3ccccc3n(C)c12. The van der Waals surface area contributed by atoms with E-state index < -0.39 is 0 Å². The molecule has 4 heteroatoms. The topological polar surface area (TPSA) is 45.6 Å². The molecule has 2 aromatic heterocycles. The van der Waals surface area contributed by atoms with E-state index in [4.69, 9.17) is 0 Å². The van der Waals surface area contributed by atoms with E-state index in [0.717, 1.165) is 17.8 Å². The second kappa shape index (κ2) is 3.35. The van der Waals surface area contributed by atoms with Crippen molar-refractivity contribution in [3.05, 3.63) is 30.0 Å². The van der Waals surface area contributed by atoms with Crippen LogP contribution in [0, 0.1) is 0 Å². The monoisotopic (exact) mass is 214 g/mol. The quantitative estimate of drug-likeness (QED) is 0.683. The van der Waals surface area contributed by atoms with Crippen molar-refractivity contribution in [3.63, 3.8) is 0 Å². The molecule has 3 rings (SSSR count). The highest BCUT2D eigenvalue weighted by molar-refractivity contribution is 6.06. The molecule has 0 fully saturated rings. The van der Waals surface area contributed by atoms with E-state index in [1.54, 1.807) is 0 Å². The Morgan fingerprint density at radius 2 is 2.19 bits per heavy atom. The third-order valence-corrected chi connectivity index (χ3v) is 3.02. The number of nitrogens with one attached hydrogen (secondary N) is 2. The van der Waals surface area contributed by atoms with Gasteiger partial charge in [0.25, 0.3) is 0 Å². The van der Waals surface area contributed by atoms with Crippen molar-refractivity contribution in [1.82, 2.24) is 20.1 Å². The van der Waals surface area contributed by atoms with Gasteiger partial charge >= 0.3 is 0 Å². The van der Waals surface area contributed by atoms with E-state index in [2.05, 4.69) is 45.3 Å². The van der Waals surface area contributed by atoms with Crippen LogP contribution in [0.3, 0.4) is 0 Å². The standard InChI is InChI=1S/C12H14N4/c1-13-7-9-12-11(15-14-9)8-5-3-4-6-10(8)16(12)2/h3-6,13H,7H2,1-2H3,(H,14,15). The fraction of sp³-hybridized carbons (Fsp3) is 0.250. The van der Waals surface area contributed by atoms with Gasteiger partial charge < -0.3 is 9.88 Å². The summed E-state index contributed by atoms with van der Waals surface area (Å²) in [4.78, 5) is 0. The van der Waals surface area contributed by atoms with Gasteiger partial charge in [-0.3, -0.25) is 5.10 Å². The van der Waals surface area contributed by atoms with E-state index in [1.165, 1.54) is 16.4 Å². The molecule has 1 aromatic carbocycles. The van der Waals surface area contributed by atoms with Crippen LogP contribution in [0.2, 0.25) is 0 Å². The third-order valence-electron chi connectivity index (χ3n) is 3.02. The summed E-state index contributed by atoms with van der Waals surface area (Å²) in [5.41, 5.74) is 4.61. The number of fused-ring (bicyclic) bond motifs is 3. The van der Waals surface area contributed by atoms with Gasteiger partial charge in [-0.15, -0.1) is 0 Å². The molecule has 0 aliphatic carbocycles. The van der Waals surface area contributed by atoms with Gasteiger partial charge in [-0.1, -0.05) is 18.2 Å². The molecule has 0 saturated heterocycles. The van der Waals surface area contributed by atoms with Crippen LogP contribution < -0.4 is 5.32 Å². The van der Waals surface area contributed by atoms with Gasteiger partial charge in [0.2, 0.25) is 0 Å². The Morgan fingerprint density at radius 1 is 1.38 bits per heavy atom. The largest absolute Gasteiger partial charge is 0.341 e. The number of hydrogen-bond donors (Lipinski definition) is 2. The lowest BCUT2D eigenvalue weighted by Crippen LogP contribution is -2.06. The first kappa shape index (κ1) is 9.42. The highest BCUT2D eigenvalue weighted by Crippen LogP contribution is 2.27. The molecule has 0 atom stereocenters. The average molecular weight is 214 g/mol. The smallest absolute Gasteiger partial charge is 0.118 e. The van der Waals surface area contributed by atoms with Crippen molar-refractivity contribution in [2.24, 2.45) is 7.05 Å². The van der Waals surface area contributed by atoms with Crippen LogP contribution in [0.4, 0.5) is 0 Å². The van der Waals surface area contributed by atoms with Gasteiger partial charge in [-0.05, 0) is 13.1 Å². The second-order valence-electron chi connectivity index (χ2n) is 4.01. The average Bonchev–Trinajstić information content (AvgIpc) is 2.83. The molecule has 2 N–H and O–H groups in total. The number of rotatable bonds is 2. The predicted octanol–water partition coefficient (Wildman–Crippen LogP) is 1.77. The van der Waals surface area contributed by atoms with Gasteiger partial charge in [-0.25, -0.2) is 0 Å². The maximum absolute atomic E-state index is 4.40. The molecule has 4 nitrogen and oxygen atoms in total. The number of nitrogens with zero attached hydrogens (tertiary/aromatic N) is 2. The van der Waals surface area contributed by atoms with Crippen LogP contribution in [0.5, 0.6) is 0 Å². The minimum atomic E-state index is 0.806. The summed E-state index contributed by atoms with van der Waals surface area (Å²) >= 11 is 0. The first-order valence-corrected chi connectivity index (χ1v) is 5.38. The molecule has 0 spiro atoms. The first-order chi connectivity index (χ1) is 7.83. The summed E-state index contributed by atoms with van der Waals surface area (Å²) in [6.45, 7) is 0.806. The van der Waals surface area contributed by atoms with Crippen molar-refractivity contribution in [3.8, 4) is 0 Å². The molecule has 0 unspecified atom stereocenters. The number of para-hydroxylation sites is 1. The van der Waals surface area contributed by atoms with Gasteiger partial charge in [0, 0.05) is 19.0 Å². The maximum Gasteiger partial charge on any atom is 0.118 e. The number of aryl methyl sites for hydroxylation is 1. The summed E-state index contributed by atoms with van der Waals surface area (Å²) in [7, 11) is 4.02. The van der Waals surface area contributed by atoms with Crippen LogP contribution >= 0.6 is 0 Å². The Hall–Kier alpha value is -1.81. The normalized spacial score (nSPS) is 11.6. The van der Waals surface area contributed by atoms with Crippen molar-refractivity contribution in [2.45, 2.75) is 6.54 Å². The lowest BCUT2D eigenvalue weighted by atomic mass is 10.2. The van der Waals surface area contributed by atoms with Gasteiger partial charge in [0.05, 0.1) is 16.7 Å². The Labute approximate surface area is 93.3 Å². The third kappa shape index (κ3) is 1.10. The van der Waals surface area contributed by atoms with Crippen LogP contribution in [0.25, 0.3) is 21.9 Å². The van der Waals surface area contributed by atoms with E-state index >= 15 is 0 Å².